The summed E-state index contributed by atoms with van der Waals surface area (Å²) in [5, 5.41) is 0.835. The largest absolute Gasteiger partial charge is 0.382 e. The van der Waals surface area contributed by atoms with Crippen LogP contribution in [0.25, 0.3) is 0 Å². The summed E-state index contributed by atoms with van der Waals surface area (Å²) in [6.45, 7) is 2.03. The number of anilines is 3. The number of hydrogen-bond acceptors (Lipinski definition) is 3. The van der Waals surface area contributed by atoms with E-state index in [0.717, 1.165) is 11.3 Å². The third-order valence-electron chi connectivity index (χ3n) is 2.73. The second kappa shape index (κ2) is 5.04. The fraction of sp³-hybridized carbons (Fsp3) is 0.154. The molecule has 0 aliphatic carbocycles. The average Bonchev–Trinajstić information content (AvgIpc) is 2.33. The minimum atomic E-state index is 0.275. The van der Waals surface area contributed by atoms with Gasteiger partial charge in [-0.15, -0.1) is 0 Å². The molecule has 0 radical (unpaired) electrons. The normalized spacial score (nSPS) is 10.4. The molecule has 0 spiro atoms. The maximum atomic E-state index is 6.15. The number of nitrogen functional groups attached to an aromatic ring is 1. The number of rotatable bonds is 2. The molecule has 0 amide bonds. The molecular weight excluding hydrogens is 269 g/mol. The molecule has 2 aromatic rings. The van der Waals surface area contributed by atoms with Gasteiger partial charge in [-0.3, -0.25) is 0 Å². The highest BCUT2D eigenvalue weighted by Gasteiger charge is 2.14. The molecule has 0 saturated carbocycles. The van der Waals surface area contributed by atoms with Crippen LogP contribution in [-0.4, -0.2) is 12.0 Å². The molecule has 0 unspecified atom stereocenters. The Balaban J connectivity index is 2.50. The van der Waals surface area contributed by atoms with Gasteiger partial charge in [-0.2, -0.15) is 0 Å². The summed E-state index contributed by atoms with van der Waals surface area (Å²) >= 11 is 12.0. The van der Waals surface area contributed by atoms with Crippen LogP contribution in [0.4, 0.5) is 17.3 Å². The van der Waals surface area contributed by atoms with E-state index in [-0.39, 0.29) is 5.82 Å². The van der Waals surface area contributed by atoms with Crippen molar-refractivity contribution in [3.8, 4) is 0 Å². The smallest absolute Gasteiger partial charge is 0.154 e. The van der Waals surface area contributed by atoms with Gasteiger partial charge in [0.15, 0.2) is 5.82 Å². The Morgan fingerprint density at radius 2 is 1.83 bits per heavy atom. The first kappa shape index (κ1) is 13.0. The van der Waals surface area contributed by atoms with Crippen molar-refractivity contribution in [3.63, 3.8) is 0 Å². The SMILES string of the molecule is Cc1ccccc1N(C)c1nc(N)c(Cl)cc1Cl. The molecule has 0 aliphatic heterocycles. The number of benzene rings is 1. The fourth-order valence-corrected chi connectivity index (χ4v) is 2.25. The Morgan fingerprint density at radius 1 is 1.17 bits per heavy atom. The van der Waals surface area contributed by atoms with Crippen molar-refractivity contribution >= 4 is 40.5 Å². The molecule has 2 N–H and O–H groups in total. The molecule has 18 heavy (non-hydrogen) atoms. The van der Waals surface area contributed by atoms with Crippen molar-refractivity contribution in [2.75, 3.05) is 17.7 Å². The first-order valence-corrected chi connectivity index (χ1v) is 6.17. The lowest BCUT2D eigenvalue weighted by Gasteiger charge is -2.22. The predicted octanol–water partition coefficient (Wildman–Crippen LogP) is 4.05. The first-order chi connectivity index (χ1) is 8.50. The molecule has 1 aromatic carbocycles. The molecule has 2 rings (SSSR count). The third kappa shape index (κ3) is 2.37. The minimum Gasteiger partial charge on any atom is -0.382 e. The number of aromatic nitrogens is 1. The van der Waals surface area contributed by atoms with E-state index in [2.05, 4.69) is 4.98 Å². The summed E-state index contributed by atoms with van der Waals surface area (Å²) in [5.41, 5.74) is 7.87. The minimum absolute atomic E-state index is 0.275. The molecule has 0 aliphatic rings. The lowest BCUT2D eigenvalue weighted by atomic mass is 10.2. The van der Waals surface area contributed by atoms with Crippen molar-refractivity contribution in [2.24, 2.45) is 0 Å². The van der Waals surface area contributed by atoms with Crippen LogP contribution >= 0.6 is 23.2 Å². The Hall–Kier alpha value is -1.45. The van der Waals surface area contributed by atoms with Gasteiger partial charge in [0.25, 0.3) is 0 Å². The number of para-hydroxylation sites is 1. The van der Waals surface area contributed by atoms with E-state index in [1.165, 1.54) is 0 Å². The Bertz CT molecular complexity index is 584. The van der Waals surface area contributed by atoms with Crippen LogP contribution in [0.2, 0.25) is 10.0 Å². The Labute approximate surface area is 116 Å². The summed E-state index contributed by atoms with van der Waals surface area (Å²) in [6.07, 6.45) is 0. The summed E-state index contributed by atoms with van der Waals surface area (Å²) in [5.74, 6) is 0.865. The van der Waals surface area contributed by atoms with Gasteiger partial charge in [0.05, 0.1) is 10.0 Å². The maximum Gasteiger partial charge on any atom is 0.154 e. The predicted molar refractivity (Wildman–Crippen MR) is 77.9 cm³/mol. The number of nitrogens with zero attached hydrogens (tertiary/aromatic N) is 2. The van der Waals surface area contributed by atoms with Gasteiger partial charge in [0, 0.05) is 12.7 Å². The van der Waals surface area contributed by atoms with Gasteiger partial charge in [0.2, 0.25) is 0 Å². The van der Waals surface area contributed by atoms with Crippen LogP contribution in [0.15, 0.2) is 30.3 Å². The quantitative estimate of drug-likeness (QED) is 0.903. The van der Waals surface area contributed by atoms with Crippen LogP contribution in [0.3, 0.4) is 0 Å². The van der Waals surface area contributed by atoms with Crippen LogP contribution in [-0.2, 0) is 0 Å². The fourth-order valence-electron chi connectivity index (χ4n) is 1.76. The number of halogens is 2. The zero-order valence-electron chi connectivity index (χ0n) is 10.1. The number of pyridine rings is 1. The van der Waals surface area contributed by atoms with Crippen molar-refractivity contribution in [1.29, 1.82) is 0 Å². The molecule has 0 bridgehead atoms. The van der Waals surface area contributed by atoms with Gasteiger partial charge in [0.1, 0.15) is 5.82 Å². The number of hydrogen-bond donors (Lipinski definition) is 1. The molecule has 0 atom stereocenters. The molecule has 1 heterocycles. The number of aryl methyl sites for hydroxylation is 1. The van der Waals surface area contributed by atoms with Crippen LogP contribution < -0.4 is 10.6 Å². The van der Waals surface area contributed by atoms with E-state index in [9.17, 15) is 0 Å². The van der Waals surface area contributed by atoms with E-state index >= 15 is 0 Å². The maximum absolute atomic E-state index is 6.15. The number of nitrogens with two attached hydrogens (primary N) is 1. The second-order valence-electron chi connectivity index (χ2n) is 4.01. The van der Waals surface area contributed by atoms with Crippen LogP contribution in [0.1, 0.15) is 5.56 Å². The van der Waals surface area contributed by atoms with E-state index in [1.54, 1.807) is 6.07 Å². The molecule has 3 nitrogen and oxygen atoms in total. The van der Waals surface area contributed by atoms with E-state index in [4.69, 9.17) is 28.9 Å². The Kier molecular flexibility index (Phi) is 3.64. The second-order valence-corrected chi connectivity index (χ2v) is 4.82. The molecule has 94 valence electrons. The lowest BCUT2D eigenvalue weighted by Crippen LogP contribution is -2.13. The highest BCUT2D eigenvalue weighted by Crippen LogP contribution is 2.34. The Morgan fingerprint density at radius 3 is 2.50 bits per heavy atom. The third-order valence-corrected chi connectivity index (χ3v) is 3.31. The van der Waals surface area contributed by atoms with Gasteiger partial charge >= 0.3 is 0 Å². The zero-order valence-corrected chi connectivity index (χ0v) is 11.6. The molecule has 5 heteroatoms. The van der Waals surface area contributed by atoms with Gasteiger partial charge in [-0.1, -0.05) is 41.4 Å². The highest BCUT2D eigenvalue weighted by molar-refractivity contribution is 6.37. The zero-order chi connectivity index (χ0) is 13.3. The van der Waals surface area contributed by atoms with Gasteiger partial charge < -0.3 is 10.6 Å². The summed E-state index contributed by atoms with van der Waals surface area (Å²) in [4.78, 5) is 6.12. The summed E-state index contributed by atoms with van der Waals surface area (Å²) in [6, 6.07) is 9.58. The van der Waals surface area contributed by atoms with Crippen LogP contribution in [0.5, 0.6) is 0 Å². The van der Waals surface area contributed by atoms with E-state index in [0.29, 0.717) is 15.9 Å². The molecular formula is C13H13Cl2N3. The van der Waals surface area contributed by atoms with Gasteiger partial charge in [-0.25, -0.2) is 4.98 Å². The average molecular weight is 282 g/mol. The summed E-state index contributed by atoms with van der Waals surface area (Å²) in [7, 11) is 1.89. The molecule has 0 fully saturated rings. The van der Waals surface area contributed by atoms with Gasteiger partial charge in [-0.05, 0) is 24.6 Å². The van der Waals surface area contributed by atoms with Crippen molar-refractivity contribution in [2.45, 2.75) is 6.92 Å². The summed E-state index contributed by atoms with van der Waals surface area (Å²) < 4.78 is 0. The molecule has 0 saturated heterocycles. The molecule has 1 aromatic heterocycles. The van der Waals surface area contributed by atoms with E-state index < -0.39 is 0 Å². The van der Waals surface area contributed by atoms with Crippen molar-refractivity contribution in [1.82, 2.24) is 4.98 Å². The standard InChI is InChI=1S/C13H13Cl2N3/c1-8-5-3-4-6-11(8)18(2)13-10(15)7-9(14)12(16)17-13/h3-7H,1-2H3,(H2,16,17). The first-order valence-electron chi connectivity index (χ1n) is 5.41. The van der Waals surface area contributed by atoms with Crippen molar-refractivity contribution < 1.29 is 0 Å². The van der Waals surface area contributed by atoms with E-state index in [1.807, 2.05) is 43.1 Å². The topological polar surface area (TPSA) is 42.2 Å². The monoisotopic (exact) mass is 281 g/mol. The van der Waals surface area contributed by atoms with Crippen molar-refractivity contribution in [3.05, 3.63) is 45.9 Å². The lowest BCUT2D eigenvalue weighted by molar-refractivity contribution is 1.12. The highest BCUT2D eigenvalue weighted by atomic mass is 35.5. The van der Waals surface area contributed by atoms with Crippen LogP contribution in [0, 0.1) is 6.92 Å².